The standard InChI is InChI=1S/C25H38N2O5S/c1-32-21-8-16-27(17-9-21)20-4-6-22(7-5-20)33(30,31)25(23(29)3-2-18-28)11-10-24(19-25)12-14-26-15-13-24/h4-7,21,26,28H,2-3,8-19H2,1H3. The summed E-state index contributed by atoms with van der Waals surface area (Å²) in [5.41, 5.74) is 0.921. The van der Waals surface area contributed by atoms with E-state index in [1.165, 1.54) is 0 Å². The normalized spacial score (nSPS) is 26.1. The molecule has 1 aliphatic carbocycles. The molecule has 3 fully saturated rings. The van der Waals surface area contributed by atoms with E-state index in [2.05, 4.69) is 10.2 Å². The molecule has 7 nitrogen and oxygen atoms in total. The molecule has 1 aromatic rings. The third kappa shape index (κ3) is 4.72. The fourth-order valence-electron chi connectivity index (χ4n) is 6.13. The van der Waals surface area contributed by atoms with Crippen LogP contribution in [0.1, 0.15) is 57.8 Å². The number of aliphatic hydroxyl groups is 1. The number of sulfone groups is 1. The van der Waals surface area contributed by atoms with Gasteiger partial charge in [0.15, 0.2) is 15.6 Å². The number of ether oxygens (including phenoxy) is 1. The molecule has 2 heterocycles. The molecule has 0 radical (unpaired) electrons. The molecule has 0 bridgehead atoms. The van der Waals surface area contributed by atoms with Gasteiger partial charge in [0.2, 0.25) is 0 Å². The van der Waals surface area contributed by atoms with Crippen molar-refractivity contribution >= 4 is 21.3 Å². The van der Waals surface area contributed by atoms with Gasteiger partial charge in [0.1, 0.15) is 4.75 Å². The maximum Gasteiger partial charge on any atom is 0.191 e. The molecule has 1 unspecified atom stereocenters. The van der Waals surface area contributed by atoms with Crippen LogP contribution >= 0.6 is 0 Å². The van der Waals surface area contributed by atoms with Crippen LogP contribution in [0.4, 0.5) is 5.69 Å². The van der Waals surface area contributed by atoms with Gasteiger partial charge in [-0.1, -0.05) is 0 Å². The topological polar surface area (TPSA) is 95.9 Å². The second-order valence-electron chi connectivity index (χ2n) is 10.1. The predicted molar refractivity (Wildman–Crippen MR) is 128 cm³/mol. The fraction of sp³-hybridized carbons (Fsp3) is 0.720. The van der Waals surface area contributed by atoms with Crippen LogP contribution in [0.5, 0.6) is 0 Å². The molecule has 1 aromatic carbocycles. The molecule has 1 spiro atoms. The number of hydrogen-bond acceptors (Lipinski definition) is 7. The number of methoxy groups -OCH3 is 1. The van der Waals surface area contributed by atoms with Crippen molar-refractivity contribution in [3.8, 4) is 0 Å². The number of carbonyl (C=O) groups is 1. The number of piperidine rings is 2. The van der Waals surface area contributed by atoms with Crippen molar-refractivity contribution < 1.29 is 23.1 Å². The molecule has 184 valence electrons. The summed E-state index contributed by atoms with van der Waals surface area (Å²) in [6.45, 7) is 3.39. The zero-order valence-corrected chi connectivity index (χ0v) is 20.5. The van der Waals surface area contributed by atoms with Crippen molar-refractivity contribution in [2.75, 3.05) is 44.8 Å². The van der Waals surface area contributed by atoms with Crippen molar-refractivity contribution in [3.63, 3.8) is 0 Å². The molecular formula is C25H38N2O5S. The van der Waals surface area contributed by atoms with Crippen molar-refractivity contribution in [3.05, 3.63) is 24.3 Å². The first-order valence-corrected chi connectivity index (χ1v) is 13.8. The Kier molecular flexibility index (Phi) is 7.48. The lowest BCUT2D eigenvalue weighted by Gasteiger charge is -2.36. The lowest BCUT2D eigenvalue weighted by Crippen LogP contribution is -2.46. The molecular weight excluding hydrogens is 440 g/mol. The summed E-state index contributed by atoms with van der Waals surface area (Å²) in [5.74, 6) is -0.224. The number of rotatable bonds is 8. The molecule has 4 rings (SSSR count). The Morgan fingerprint density at radius 3 is 2.39 bits per heavy atom. The van der Waals surface area contributed by atoms with Gasteiger partial charge in [-0.2, -0.15) is 0 Å². The first-order valence-electron chi connectivity index (χ1n) is 12.3. The first kappa shape index (κ1) is 24.6. The van der Waals surface area contributed by atoms with Gasteiger partial charge < -0.3 is 20.1 Å². The minimum absolute atomic E-state index is 0.0845. The van der Waals surface area contributed by atoms with Crippen LogP contribution in [0, 0.1) is 5.41 Å². The number of Topliss-reactive ketones (excluding diaryl/α,β-unsaturated/α-hetero) is 1. The summed E-state index contributed by atoms with van der Waals surface area (Å²) in [5, 5.41) is 12.6. The highest BCUT2D eigenvalue weighted by molar-refractivity contribution is 7.93. The minimum atomic E-state index is -3.86. The van der Waals surface area contributed by atoms with Crippen LogP contribution in [0.3, 0.4) is 0 Å². The van der Waals surface area contributed by atoms with E-state index in [0.717, 1.165) is 64.0 Å². The lowest BCUT2D eigenvalue weighted by molar-refractivity contribution is -0.122. The Balaban J connectivity index is 1.59. The number of aliphatic hydroxyl groups excluding tert-OH is 1. The van der Waals surface area contributed by atoms with Gasteiger partial charge in [-0.05, 0) is 94.1 Å². The van der Waals surface area contributed by atoms with Crippen molar-refractivity contribution in [1.82, 2.24) is 5.32 Å². The second kappa shape index (κ2) is 10.0. The zero-order valence-electron chi connectivity index (χ0n) is 19.7. The summed E-state index contributed by atoms with van der Waals surface area (Å²) in [6, 6.07) is 7.12. The third-order valence-corrected chi connectivity index (χ3v) is 10.8. The molecule has 1 saturated carbocycles. The smallest absolute Gasteiger partial charge is 0.191 e. The fourth-order valence-corrected chi connectivity index (χ4v) is 8.34. The SMILES string of the molecule is COC1CCN(c2ccc(S(=O)(=O)C3(C(=O)CCCO)CCC4(CCNCC4)C3)cc2)CC1. The molecule has 2 aliphatic heterocycles. The first-order chi connectivity index (χ1) is 15.9. The van der Waals surface area contributed by atoms with Gasteiger partial charge in [0.05, 0.1) is 11.0 Å². The van der Waals surface area contributed by atoms with Gasteiger partial charge in [-0.3, -0.25) is 4.79 Å². The van der Waals surface area contributed by atoms with E-state index in [4.69, 9.17) is 4.74 Å². The van der Waals surface area contributed by atoms with E-state index in [-0.39, 0.29) is 35.2 Å². The summed E-state index contributed by atoms with van der Waals surface area (Å²) in [7, 11) is -2.11. The summed E-state index contributed by atoms with van der Waals surface area (Å²) in [6.07, 6.45) is 5.98. The van der Waals surface area contributed by atoms with E-state index in [0.29, 0.717) is 19.3 Å². The van der Waals surface area contributed by atoms with E-state index in [1.54, 1.807) is 19.2 Å². The molecule has 3 aliphatic rings. The average Bonchev–Trinajstić information content (AvgIpc) is 3.23. The predicted octanol–water partition coefficient (Wildman–Crippen LogP) is 2.71. The highest BCUT2D eigenvalue weighted by atomic mass is 32.2. The van der Waals surface area contributed by atoms with E-state index >= 15 is 0 Å². The minimum Gasteiger partial charge on any atom is -0.396 e. The quantitative estimate of drug-likeness (QED) is 0.593. The van der Waals surface area contributed by atoms with Crippen LogP contribution in [-0.2, 0) is 19.4 Å². The summed E-state index contributed by atoms with van der Waals surface area (Å²) < 4.78 is 32.1. The molecule has 1 atom stereocenters. The Morgan fingerprint density at radius 1 is 1.12 bits per heavy atom. The van der Waals surface area contributed by atoms with Crippen LogP contribution in [0.15, 0.2) is 29.2 Å². The van der Waals surface area contributed by atoms with Gasteiger partial charge in [0.25, 0.3) is 0 Å². The highest BCUT2D eigenvalue weighted by Gasteiger charge is 2.59. The molecule has 2 saturated heterocycles. The van der Waals surface area contributed by atoms with Gasteiger partial charge in [-0.25, -0.2) is 8.42 Å². The molecule has 33 heavy (non-hydrogen) atoms. The Bertz CT molecular complexity index is 919. The van der Waals surface area contributed by atoms with Gasteiger partial charge >= 0.3 is 0 Å². The van der Waals surface area contributed by atoms with Gasteiger partial charge in [0, 0.05) is 38.9 Å². The lowest BCUT2D eigenvalue weighted by atomic mass is 9.76. The van der Waals surface area contributed by atoms with E-state index in [9.17, 15) is 18.3 Å². The number of nitrogens with zero attached hydrogens (tertiary/aromatic N) is 1. The second-order valence-corrected chi connectivity index (χ2v) is 12.4. The van der Waals surface area contributed by atoms with Crippen LogP contribution in [-0.4, -0.2) is 70.1 Å². The van der Waals surface area contributed by atoms with Crippen LogP contribution in [0.2, 0.25) is 0 Å². The number of carbonyl (C=O) groups excluding carboxylic acids is 1. The summed E-state index contributed by atoms with van der Waals surface area (Å²) in [4.78, 5) is 15.9. The van der Waals surface area contributed by atoms with Crippen LogP contribution < -0.4 is 10.2 Å². The maximum absolute atomic E-state index is 14.0. The molecule has 0 amide bonds. The Morgan fingerprint density at radius 2 is 1.79 bits per heavy atom. The van der Waals surface area contributed by atoms with E-state index < -0.39 is 14.6 Å². The average molecular weight is 479 g/mol. The largest absolute Gasteiger partial charge is 0.396 e. The molecule has 8 heteroatoms. The van der Waals surface area contributed by atoms with Gasteiger partial charge in [-0.15, -0.1) is 0 Å². The highest BCUT2D eigenvalue weighted by Crippen LogP contribution is 2.55. The zero-order chi connectivity index (χ0) is 23.5. The molecule has 0 aromatic heterocycles. The number of nitrogens with one attached hydrogen (secondary N) is 1. The third-order valence-electron chi connectivity index (χ3n) is 8.26. The molecule has 2 N–H and O–H groups in total. The maximum atomic E-state index is 14.0. The van der Waals surface area contributed by atoms with Crippen molar-refractivity contribution in [2.24, 2.45) is 5.41 Å². The van der Waals surface area contributed by atoms with Crippen LogP contribution in [0.25, 0.3) is 0 Å². The van der Waals surface area contributed by atoms with E-state index in [1.807, 2.05) is 12.1 Å². The monoisotopic (exact) mass is 478 g/mol. The summed E-state index contributed by atoms with van der Waals surface area (Å²) >= 11 is 0. The Hall–Kier alpha value is -1.48. The van der Waals surface area contributed by atoms with Crippen molar-refractivity contribution in [2.45, 2.75) is 73.5 Å². The number of benzene rings is 1. The number of hydrogen-bond donors (Lipinski definition) is 2. The van der Waals surface area contributed by atoms with Crippen molar-refractivity contribution in [1.29, 1.82) is 0 Å². The Labute approximate surface area is 197 Å². The number of anilines is 1. The number of ketones is 1.